The Morgan fingerprint density at radius 3 is 2.76 bits per heavy atom. The topological polar surface area (TPSA) is 69.8 Å². The summed E-state index contributed by atoms with van der Waals surface area (Å²) in [6, 6.07) is 4.29. The third kappa shape index (κ3) is 5.30. The molecule has 1 aliphatic rings. The van der Waals surface area contributed by atoms with Gasteiger partial charge in [-0.15, -0.1) is 35.3 Å². The fourth-order valence-corrected chi connectivity index (χ4v) is 3.53. The van der Waals surface area contributed by atoms with Gasteiger partial charge in [0.1, 0.15) is 0 Å². The van der Waals surface area contributed by atoms with Gasteiger partial charge in [-0.1, -0.05) is 12.1 Å². The van der Waals surface area contributed by atoms with Gasteiger partial charge >= 0.3 is 0 Å². The van der Waals surface area contributed by atoms with Gasteiger partial charge in [0.25, 0.3) is 0 Å². The number of aromatic nitrogens is 2. The van der Waals surface area contributed by atoms with Crippen molar-refractivity contribution in [3.63, 3.8) is 0 Å². The van der Waals surface area contributed by atoms with Crippen LogP contribution in [0, 0.1) is 0 Å². The Balaban J connectivity index is 0.00000225. The number of aryl methyl sites for hydroxylation is 1. The summed E-state index contributed by atoms with van der Waals surface area (Å²) in [5.41, 5.74) is 0. The van der Waals surface area contributed by atoms with Crippen LogP contribution < -0.4 is 10.2 Å². The van der Waals surface area contributed by atoms with Crippen molar-refractivity contribution in [3.8, 4) is 0 Å². The highest BCUT2D eigenvalue weighted by atomic mass is 127. The molecule has 3 heterocycles. The van der Waals surface area contributed by atoms with Crippen molar-refractivity contribution in [3.05, 3.63) is 29.2 Å². The maximum atomic E-state index is 5.13. The number of nitrogens with zero attached hydrogens (tertiary/aromatic N) is 5. The molecule has 7 nitrogen and oxygen atoms in total. The zero-order chi connectivity index (χ0) is 16.8. The molecular formula is C16H25IN6OS. The third-order valence-electron chi connectivity index (χ3n) is 4.05. The number of guanidine groups is 1. The van der Waals surface area contributed by atoms with Gasteiger partial charge in [-0.25, -0.2) is 0 Å². The number of hydrogen-bond donors (Lipinski definition) is 1. The zero-order valence-electron chi connectivity index (χ0n) is 14.6. The Labute approximate surface area is 169 Å². The molecule has 0 bridgehead atoms. The van der Waals surface area contributed by atoms with E-state index >= 15 is 0 Å². The van der Waals surface area contributed by atoms with Gasteiger partial charge in [-0.2, -0.15) is 4.98 Å². The predicted molar refractivity (Wildman–Crippen MR) is 112 cm³/mol. The summed E-state index contributed by atoms with van der Waals surface area (Å²) in [4.78, 5) is 13.5. The van der Waals surface area contributed by atoms with E-state index in [9.17, 15) is 0 Å². The fraction of sp³-hybridized carbons (Fsp3) is 0.562. The second-order valence-corrected chi connectivity index (χ2v) is 6.53. The first-order chi connectivity index (χ1) is 11.8. The molecule has 9 heteroatoms. The molecule has 1 saturated heterocycles. The molecule has 2 aromatic rings. The molecule has 1 fully saturated rings. The minimum Gasteiger partial charge on any atom is -0.360 e. The Kier molecular flexibility index (Phi) is 7.94. The van der Waals surface area contributed by atoms with E-state index in [0.717, 1.165) is 57.3 Å². The quantitative estimate of drug-likeness (QED) is 0.406. The van der Waals surface area contributed by atoms with Gasteiger partial charge in [-0.3, -0.25) is 4.99 Å². The Hall–Kier alpha value is -1.36. The van der Waals surface area contributed by atoms with Crippen LogP contribution in [0.4, 0.5) is 5.00 Å². The van der Waals surface area contributed by atoms with E-state index in [4.69, 9.17) is 4.52 Å². The molecule has 0 saturated carbocycles. The van der Waals surface area contributed by atoms with Gasteiger partial charge in [-0.05, 0) is 17.5 Å². The van der Waals surface area contributed by atoms with Gasteiger partial charge in [0, 0.05) is 52.6 Å². The molecule has 1 N–H and O–H groups in total. The van der Waals surface area contributed by atoms with Crippen molar-refractivity contribution in [2.45, 2.75) is 19.8 Å². The van der Waals surface area contributed by atoms with Crippen LogP contribution in [-0.2, 0) is 12.8 Å². The summed E-state index contributed by atoms with van der Waals surface area (Å²) < 4.78 is 5.13. The normalized spacial score (nSPS) is 15.2. The fourth-order valence-electron chi connectivity index (χ4n) is 2.74. The van der Waals surface area contributed by atoms with Crippen molar-refractivity contribution in [2.75, 3.05) is 44.7 Å². The highest BCUT2D eigenvalue weighted by Gasteiger charge is 2.20. The smallest absolute Gasteiger partial charge is 0.226 e. The van der Waals surface area contributed by atoms with Gasteiger partial charge < -0.3 is 19.6 Å². The molecule has 25 heavy (non-hydrogen) atoms. The van der Waals surface area contributed by atoms with Crippen LogP contribution in [0.25, 0.3) is 0 Å². The number of halogens is 1. The van der Waals surface area contributed by atoms with Crippen LogP contribution in [-0.4, -0.2) is 60.8 Å². The van der Waals surface area contributed by atoms with E-state index in [1.807, 2.05) is 14.0 Å². The molecule has 3 rings (SSSR count). The van der Waals surface area contributed by atoms with Crippen LogP contribution in [0.5, 0.6) is 0 Å². The minimum atomic E-state index is 0. The molecule has 0 amide bonds. The van der Waals surface area contributed by atoms with Crippen molar-refractivity contribution in [1.82, 2.24) is 20.4 Å². The van der Waals surface area contributed by atoms with Crippen LogP contribution in [0.15, 0.2) is 27.0 Å². The molecule has 2 aromatic heterocycles. The van der Waals surface area contributed by atoms with Crippen LogP contribution in [0.1, 0.15) is 18.6 Å². The van der Waals surface area contributed by atoms with Crippen molar-refractivity contribution >= 4 is 46.3 Å². The van der Waals surface area contributed by atoms with Crippen molar-refractivity contribution in [2.24, 2.45) is 4.99 Å². The Bertz CT molecular complexity index is 651. The molecular weight excluding hydrogens is 451 g/mol. The number of thiophene rings is 1. The molecule has 0 radical (unpaired) electrons. The Morgan fingerprint density at radius 2 is 2.16 bits per heavy atom. The number of rotatable bonds is 5. The summed E-state index contributed by atoms with van der Waals surface area (Å²) in [5, 5.41) is 10.9. The molecule has 0 spiro atoms. The SMILES string of the molecule is CCc1nc(CCNC(=NC)N2CCN(c3cccs3)CC2)no1.I. The second-order valence-electron chi connectivity index (χ2n) is 5.61. The summed E-state index contributed by atoms with van der Waals surface area (Å²) in [5.74, 6) is 2.39. The lowest BCUT2D eigenvalue weighted by Crippen LogP contribution is -2.52. The summed E-state index contributed by atoms with van der Waals surface area (Å²) >= 11 is 1.80. The lowest BCUT2D eigenvalue weighted by Gasteiger charge is -2.37. The maximum absolute atomic E-state index is 5.13. The molecule has 0 aliphatic carbocycles. The summed E-state index contributed by atoms with van der Waals surface area (Å²) in [7, 11) is 1.83. The molecule has 138 valence electrons. The van der Waals surface area contributed by atoms with Gasteiger partial charge in [0.15, 0.2) is 11.8 Å². The number of nitrogens with one attached hydrogen (secondary N) is 1. The van der Waals surface area contributed by atoms with E-state index in [2.05, 4.69) is 47.8 Å². The van der Waals surface area contributed by atoms with Gasteiger partial charge in [0.2, 0.25) is 5.89 Å². The number of hydrogen-bond acceptors (Lipinski definition) is 6. The zero-order valence-corrected chi connectivity index (χ0v) is 17.8. The maximum Gasteiger partial charge on any atom is 0.226 e. The molecule has 1 aliphatic heterocycles. The highest BCUT2D eigenvalue weighted by molar-refractivity contribution is 14.0. The Morgan fingerprint density at radius 1 is 1.36 bits per heavy atom. The van der Waals surface area contributed by atoms with Crippen molar-refractivity contribution in [1.29, 1.82) is 0 Å². The van der Waals surface area contributed by atoms with Crippen LogP contribution in [0.3, 0.4) is 0 Å². The first-order valence-electron chi connectivity index (χ1n) is 8.35. The van der Waals surface area contributed by atoms with E-state index in [1.54, 1.807) is 11.3 Å². The molecule has 0 unspecified atom stereocenters. The average molecular weight is 476 g/mol. The van der Waals surface area contributed by atoms with Crippen molar-refractivity contribution < 1.29 is 4.52 Å². The standard InChI is InChI=1S/C16H24N6OS.HI/c1-3-14-19-13(20-23-14)6-7-18-16(17-2)22-10-8-21(9-11-22)15-5-4-12-24-15;/h4-5,12H,3,6-11H2,1-2H3,(H,17,18);1H. The number of aliphatic imine (C=N–C) groups is 1. The van der Waals surface area contributed by atoms with Crippen LogP contribution in [0.2, 0.25) is 0 Å². The summed E-state index contributed by atoms with van der Waals surface area (Å²) in [6.07, 6.45) is 1.51. The predicted octanol–water partition coefficient (Wildman–Crippen LogP) is 2.25. The highest BCUT2D eigenvalue weighted by Crippen LogP contribution is 2.22. The van der Waals surface area contributed by atoms with E-state index < -0.39 is 0 Å². The third-order valence-corrected chi connectivity index (χ3v) is 4.98. The van der Waals surface area contributed by atoms with Gasteiger partial charge in [0.05, 0.1) is 5.00 Å². The summed E-state index contributed by atoms with van der Waals surface area (Å²) in [6.45, 7) is 6.74. The largest absolute Gasteiger partial charge is 0.360 e. The van der Waals surface area contributed by atoms with E-state index in [-0.39, 0.29) is 24.0 Å². The second kappa shape index (κ2) is 9.95. The lowest BCUT2D eigenvalue weighted by molar-refractivity contribution is 0.371. The minimum absolute atomic E-state index is 0. The van der Waals surface area contributed by atoms with E-state index in [0.29, 0.717) is 5.89 Å². The number of anilines is 1. The van der Waals surface area contributed by atoms with E-state index in [1.165, 1.54) is 5.00 Å². The monoisotopic (exact) mass is 476 g/mol. The number of piperazine rings is 1. The lowest BCUT2D eigenvalue weighted by atomic mass is 10.3. The first-order valence-corrected chi connectivity index (χ1v) is 9.23. The molecule has 0 atom stereocenters. The first kappa shape index (κ1) is 20.0. The van der Waals surface area contributed by atoms with Crippen LogP contribution >= 0.6 is 35.3 Å². The molecule has 0 aromatic carbocycles. The average Bonchev–Trinajstić information content (AvgIpc) is 3.31.